The van der Waals surface area contributed by atoms with Crippen molar-refractivity contribution < 1.29 is 21.7 Å². The Morgan fingerprint density at radius 1 is 0.810 bits per heavy atom. The fourth-order valence-corrected chi connectivity index (χ4v) is 8.46. The number of sulfone groups is 1. The second-order valence-electron chi connectivity index (χ2n) is 12.4. The Labute approximate surface area is 251 Å². The van der Waals surface area contributed by atoms with Crippen LogP contribution >= 0.6 is 0 Å². The molecule has 42 heavy (non-hydrogen) atoms. The Morgan fingerprint density at radius 2 is 1.36 bits per heavy atom. The van der Waals surface area contributed by atoms with Crippen LogP contribution < -0.4 is 4.31 Å². The molecule has 0 aromatic heterocycles. The lowest BCUT2D eigenvalue weighted by Gasteiger charge is -2.51. The molecule has 0 aliphatic carbocycles. The van der Waals surface area contributed by atoms with Crippen molar-refractivity contribution in [2.75, 3.05) is 4.31 Å². The molecule has 1 aliphatic heterocycles. The van der Waals surface area contributed by atoms with Crippen molar-refractivity contribution in [1.29, 1.82) is 0 Å². The van der Waals surface area contributed by atoms with Crippen molar-refractivity contribution >= 4 is 31.3 Å². The van der Waals surface area contributed by atoms with Crippen LogP contribution in [0.25, 0.3) is 5.76 Å². The van der Waals surface area contributed by atoms with Gasteiger partial charge in [0.05, 0.1) is 32.0 Å². The van der Waals surface area contributed by atoms with E-state index in [0.29, 0.717) is 11.3 Å². The zero-order valence-corrected chi connectivity index (χ0v) is 27.2. The van der Waals surface area contributed by atoms with Gasteiger partial charge in [0.1, 0.15) is 0 Å². The van der Waals surface area contributed by atoms with Gasteiger partial charge in [-0.1, -0.05) is 48.0 Å². The minimum absolute atomic E-state index is 0.0576. The summed E-state index contributed by atoms with van der Waals surface area (Å²) in [5.74, 6) is 0.0576. The van der Waals surface area contributed by atoms with E-state index in [1.807, 2.05) is 12.0 Å². The van der Waals surface area contributed by atoms with Crippen molar-refractivity contribution in [1.82, 2.24) is 5.06 Å². The highest BCUT2D eigenvalue weighted by Crippen LogP contribution is 2.42. The molecule has 0 saturated carbocycles. The van der Waals surface area contributed by atoms with Gasteiger partial charge in [-0.3, -0.25) is 4.31 Å². The lowest BCUT2D eigenvalue weighted by molar-refractivity contribution is -0.236. The highest BCUT2D eigenvalue weighted by atomic mass is 32.2. The van der Waals surface area contributed by atoms with E-state index in [0.717, 1.165) is 30.2 Å². The lowest BCUT2D eigenvalue weighted by atomic mass is 9.82. The van der Waals surface area contributed by atoms with E-state index in [1.54, 1.807) is 80.6 Å². The van der Waals surface area contributed by atoms with Gasteiger partial charge in [-0.2, -0.15) is 0 Å². The molecule has 0 unspecified atom stereocenters. The first-order valence-electron chi connectivity index (χ1n) is 14.3. The standard InChI is InChI=1S/C33H42N2O5S2/c1-25(2)34(42(38,39)28-20-18-26(3)19-21-28)30-17-12-11-16-29(30)31(24-41(36,37)27-14-9-8-10-15-27)40-35-32(4,5)22-13-23-33(35,6)7/h8-12,14-21,24-25H,13,22-23H2,1-7H3/b31-24+. The molecule has 1 saturated heterocycles. The summed E-state index contributed by atoms with van der Waals surface area (Å²) in [6.45, 7) is 13.8. The van der Waals surface area contributed by atoms with Gasteiger partial charge in [0.2, 0.25) is 9.84 Å². The predicted octanol–water partition coefficient (Wildman–Crippen LogP) is 7.35. The second kappa shape index (κ2) is 11.9. The molecule has 1 fully saturated rings. The van der Waals surface area contributed by atoms with Crippen LogP contribution in [0.15, 0.2) is 94.1 Å². The van der Waals surface area contributed by atoms with E-state index in [2.05, 4.69) is 27.7 Å². The highest BCUT2D eigenvalue weighted by molar-refractivity contribution is 7.94. The zero-order valence-electron chi connectivity index (χ0n) is 25.5. The van der Waals surface area contributed by atoms with Crippen LogP contribution in [0.3, 0.4) is 0 Å². The van der Waals surface area contributed by atoms with Gasteiger partial charge in [-0.15, -0.1) is 5.06 Å². The van der Waals surface area contributed by atoms with Crippen molar-refractivity contribution in [3.05, 3.63) is 95.4 Å². The molecular weight excluding hydrogens is 569 g/mol. The molecule has 7 nitrogen and oxygen atoms in total. The van der Waals surface area contributed by atoms with Crippen molar-refractivity contribution in [2.24, 2.45) is 0 Å². The van der Waals surface area contributed by atoms with E-state index in [9.17, 15) is 16.8 Å². The fourth-order valence-electron chi connectivity index (χ4n) is 5.66. The van der Waals surface area contributed by atoms with Crippen LogP contribution in [0.4, 0.5) is 5.69 Å². The van der Waals surface area contributed by atoms with Crippen LogP contribution in [0, 0.1) is 6.92 Å². The van der Waals surface area contributed by atoms with Gasteiger partial charge in [-0.25, -0.2) is 16.8 Å². The quantitative estimate of drug-likeness (QED) is 0.236. The summed E-state index contributed by atoms with van der Waals surface area (Å²) < 4.78 is 57.0. The monoisotopic (exact) mass is 610 g/mol. The summed E-state index contributed by atoms with van der Waals surface area (Å²) in [5.41, 5.74) is 0.825. The number of piperidine rings is 1. The number of rotatable bonds is 9. The molecule has 9 heteroatoms. The van der Waals surface area contributed by atoms with E-state index in [-0.39, 0.29) is 15.6 Å². The van der Waals surface area contributed by atoms with Crippen LogP contribution in [0.5, 0.6) is 0 Å². The molecule has 0 spiro atoms. The molecule has 3 aromatic carbocycles. The van der Waals surface area contributed by atoms with Gasteiger partial charge in [0, 0.05) is 11.6 Å². The predicted molar refractivity (Wildman–Crippen MR) is 169 cm³/mol. The van der Waals surface area contributed by atoms with E-state index in [1.165, 1.54) is 16.4 Å². The Balaban J connectivity index is 1.95. The van der Waals surface area contributed by atoms with Gasteiger partial charge < -0.3 is 4.84 Å². The number of benzene rings is 3. The number of hydroxylamine groups is 2. The number of nitrogens with zero attached hydrogens (tertiary/aromatic N) is 2. The smallest absolute Gasteiger partial charge is 0.264 e. The molecule has 1 aliphatic rings. The number of hydrogen-bond acceptors (Lipinski definition) is 6. The molecule has 226 valence electrons. The molecule has 0 radical (unpaired) electrons. The Morgan fingerprint density at radius 3 is 1.93 bits per heavy atom. The average Bonchev–Trinajstić information content (AvgIpc) is 2.90. The van der Waals surface area contributed by atoms with E-state index >= 15 is 0 Å². The number of sulfonamides is 1. The first-order valence-corrected chi connectivity index (χ1v) is 17.3. The maximum atomic E-state index is 14.1. The third-order valence-electron chi connectivity index (χ3n) is 7.65. The number of anilines is 1. The van der Waals surface area contributed by atoms with Crippen molar-refractivity contribution in [3.8, 4) is 0 Å². The Hall–Kier alpha value is -3.14. The second-order valence-corrected chi connectivity index (χ2v) is 16.0. The van der Waals surface area contributed by atoms with Gasteiger partial charge >= 0.3 is 0 Å². The molecular formula is C33H42N2O5S2. The molecule has 3 aromatic rings. The number of aryl methyl sites for hydroxylation is 1. The van der Waals surface area contributed by atoms with E-state index in [4.69, 9.17) is 4.84 Å². The average molecular weight is 611 g/mol. The SMILES string of the molecule is Cc1ccc(S(=O)(=O)N(c2ccccc2/C(=C\S(=O)(=O)c2ccccc2)ON2C(C)(C)CCCC2(C)C)C(C)C)cc1. The summed E-state index contributed by atoms with van der Waals surface area (Å²) in [5, 5.41) is 3.00. The maximum absolute atomic E-state index is 14.1. The van der Waals surface area contributed by atoms with Gasteiger partial charge in [0.15, 0.2) is 5.76 Å². The lowest BCUT2D eigenvalue weighted by Crippen LogP contribution is -2.57. The molecule has 0 bridgehead atoms. The largest absolute Gasteiger partial charge is 0.403 e. The first kappa shape index (κ1) is 31.8. The maximum Gasteiger partial charge on any atom is 0.264 e. The molecule has 0 amide bonds. The Kier molecular flexibility index (Phi) is 8.98. The molecule has 0 atom stereocenters. The topological polar surface area (TPSA) is 84.0 Å². The summed E-state index contributed by atoms with van der Waals surface area (Å²) in [6, 6.07) is 21.3. The number of para-hydroxylation sites is 1. The van der Waals surface area contributed by atoms with Gasteiger partial charge in [-0.05, 0) is 104 Å². The molecule has 1 heterocycles. The summed E-state index contributed by atoms with van der Waals surface area (Å²) in [4.78, 5) is 6.93. The van der Waals surface area contributed by atoms with Crippen LogP contribution in [0.2, 0.25) is 0 Å². The van der Waals surface area contributed by atoms with Crippen molar-refractivity contribution in [3.63, 3.8) is 0 Å². The molecule has 0 N–H and O–H groups in total. The highest BCUT2D eigenvalue weighted by Gasteiger charge is 2.44. The third kappa shape index (κ3) is 6.58. The fraction of sp³-hybridized carbons (Fsp3) is 0.394. The minimum Gasteiger partial charge on any atom is -0.403 e. The normalized spacial score (nSPS) is 17.7. The van der Waals surface area contributed by atoms with Crippen LogP contribution in [0.1, 0.15) is 71.9 Å². The summed E-state index contributed by atoms with van der Waals surface area (Å²) in [6.07, 6.45) is 2.72. The summed E-state index contributed by atoms with van der Waals surface area (Å²) >= 11 is 0. The summed E-state index contributed by atoms with van der Waals surface area (Å²) in [7, 11) is -7.98. The number of hydrogen-bond donors (Lipinski definition) is 0. The minimum atomic E-state index is -4.01. The van der Waals surface area contributed by atoms with E-state index < -0.39 is 37.0 Å². The Bertz CT molecular complexity index is 1630. The zero-order chi connectivity index (χ0) is 30.9. The van der Waals surface area contributed by atoms with Gasteiger partial charge in [0.25, 0.3) is 10.0 Å². The van der Waals surface area contributed by atoms with Crippen LogP contribution in [-0.2, 0) is 24.7 Å². The molecule has 4 rings (SSSR count). The van der Waals surface area contributed by atoms with Crippen LogP contribution in [-0.4, -0.2) is 39.0 Å². The third-order valence-corrected chi connectivity index (χ3v) is 11.1. The van der Waals surface area contributed by atoms with Crippen molar-refractivity contribution in [2.45, 2.75) is 94.6 Å². The first-order chi connectivity index (χ1) is 19.6.